The Hall–Kier alpha value is -4.31. The standard InChI is InChI=1S/C31H29BrF3N5O6S/c1-16-13-21-24(15-39(16)27(43)19-5-8-23(32)22(14-19)31(33,34)35)36-29(47)40(28(21)44)20-6-3-17(4-7-20)25(41)37(2)26(42)18-9-11-38(12-10-18)30(45)46/h3-8,14,16,18H,9-13,15H2,1-2H3,(H,36,47)(H,45,46). The van der Waals surface area contributed by atoms with Gasteiger partial charge >= 0.3 is 12.3 Å². The van der Waals surface area contributed by atoms with Crippen LogP contribution in [0.1, 0.15) is 57.3 Å². The van der Waals surface area contributed by atoms with E-state index >= 15 is 0 Å². The first kappa shape index (κ1) is 34.0. The molecule has 4 amide bonds. The van der Waals surface area contributed by atoms with Gasteiger partial charge in [0.2, 0.25) is 5.91 Å². The number of likely N-dealkylation sites (tertiary alicyclic amines) is 1. The van der Waals surface area contributed by atoms with Crippen LogP contribution in [-0.2, 0) is 23.9 Å². The molecule has 47 heavy (non-hydrogen) atoms. The van der Waals surface area contributed by atoms with Crippen molar-refractivity contribution in [3.05, 3.63) is 90.0 Å². The van der Waals surface area contributed by atoms with Gasteiger partial charge in [0.25, 0.3) is 17.4 Å². The second kappa shape index (κ2) is 13.1. The molecule has 3 heterocycles. The molecular formula is C31H29BrF3N5O6S. The number of hydrogen-bond donors (Lipinski definition) is 2. The minimum Gasteiger partial charge on any atom is -0.465 e. The minimum atomic E-state index is -4.66. The quantitative estimate of drug-likeness (QED) is 0.276. The highest BCUT2D eigenvalue weighted by atomic mass is 79.9. The van der Waals surface area contributed by atoms with Gasteiger partial charge in [0.1, 0.15) is 0 Å². The Bertz CT molecular complexity index is 1890. The van der Waals surface area contributed by atoms with E-state index in [0.717, 1.165) is 11.0 Å². The Balaban J connectivity index is 1.34. The van der Waals surface area contributed by atoms with E-state index in [4.69, 9.17) is 17.3 Å². The van der Waals surface area contributed by atoms with Crippen molar-refractivity contribution in [2.75, 3.05) is 20.1 Å². The number of hydrogen-bond acceptors (Lipinski definition) is 6. The zero-order chi connectivity index (χ0) is 34.4. The number of carbonyl (C=O) groups excluding carboxylic acids is 3. The number of halogens is 4. The predicted octanol–water partition coefficient (Wildman–Crippen LogP) is 5.25. The summed E-state index contributed by atoms with van der Waals surface area (Å²) in [5.41, 5.74) is -0.277. The average Bonchev–Trinajstić information content (AvgIpc) is 3.03. The van der Waals surface area contributed by atoms with Crippen LogP contribution < -0.4 is 5.56 Å². The maximum Gasteiger partial charge on any atom is 0.417 e. The maximum atomic E-state index is 13.7. The molecule has 1 aromatic heterocycles. The van der Waals surface area contributed by atoms with Crippen LogP contribution in [0.4, 0.5) is 18.0 Å². The first-order valence-corrected chi connectivity index (χ1v) is 15.7. The summed E-state index contributed by atoms with van der Waals surface area (Å²) in [5, 5.41) is 9.13. The van der Waals surface area contributed by atoms with Crippen LogP contribution in [-0.4, -0.2) is 79.4 Å². The largest absolute Gasteiger partial charge is 0.465 e. The zero-order valence-corrected chi connectivity index (χ0v) is 27.5. The molecule has 0 saturated carbocycles. The summed E-state index contributed by atoms with van der Waals surface area (Å²) >= 11 is 8.36. The Morgan fingerprint density at radius 3 is 2.26 bits per heavy atom. The molecule has 1 unspecified atom stereocenters. The van der Waals surface area contributed by atoms with Gasteiger partial charge in [-0.05, 0) is 80.9 Å². The van der Waals surface area contributed by atoms with E-state index in [1.807, 2.05) is 0 Å². The SMILES string of the molecule is CC1Cc2c([nH]c(=S)n(-c3ccc(C(=O)N(C)C(=O)C4CCN(C(=O)O)CC4)cc3)c2=O)CN1C(=O)c1ccc(Br)c(C(F)(F)F)c1. The second-order valence-electron chi connectivity index (χ2n) is 11.5. The fourth-order valence-corrected chi connectivity index (χ4v) is 6.66. The monoisotopic (exact) mass is 735 g/mol. The summed E-state index contributed by atoms with van der Waals surface area (Å²) in [7, 11) is 1.37. The number of imide groups is 1. The number of alkyl halides is 3. The molecule has 2 aromatic carbocycles. The maximum absolute atomic E-state index is 13.7. The smallest absolute Gasteiger partial charge is 0.417 e. The van der Waals surface area contributed by atoms with Crippen LogP contribution in [0.2, 0.25) is 0 Å². The van der Waals surface area contributed by atoms with Gasteiger partial charge in [-0.1, -0.05) is 15.9 Å². The fraction of sp³-hybridized carbons (Fsp3) is 0.355. The van der Waals surface area contributed by atoms with Crippen molar-refractivity contribution in [2.24, 2.45) is 5.92 Å². The molecule has 2 aliphatic rings. The van der Waals surface area contributed by atoms with Crippen molar-refractivity contribution in [1.82, 2.24) is 24.3 Å². The van der Waals surface area contributed by atoms with Crippen LogP contribution in [0.3, 0.4) is 0 Å². The number of amides is 4. The lowest BCUT2D eigenvalue weighted by atomic mass is 9.95. The number of carbonyl (C=O) groups is 4. The van der Waals surface area contributed by atoms with Crippen molar-refractivity contribution in [3.63, 3.8) is 0 Å². The molecule has 1 fully saturated rings. The van der Waals surface area contributed by atoms with Gasteiger partial charge in [0.15, 0.2) is 4.77 Å². The molecule has 16 heteroatoms. The number of carboxylic acid groups (broad SMARTS) is 1. The number of nitrogens with zero attached hydrogens (tertiary/aromatic N) is 4. The Kier molecular flexibility index (Phi) is 9.46. The zero-order valence-electron chi connectivity index (χ0n) is 25.1. The molecule has 0 spiro atoms. The first-order chi connectivity index (χ1) is 22.1. The molecule has 2 N–H and O–H groups in total. The van der Waals surface area contributed by atoms with E-state index in [9.17, 15) is 37.1 Å². The molecule has 248 valence electrons. The number of aromatic nitrogens is 2. The lowest BCUT2D eigenvalue weighted by Gasteiger charge is -2.34. The minimum absolute atomic E-state index is 0.0118. The van der Waals surface area contributed by atoms with Crippen LogP contribution >= 0.6 is 28.1 Å². The molecule has 11 nitrogen and oxygen atoms in total. The van der Waals surface area contributed by atoms with Gasteiger partial charge in [-0.3, -0.25) is 28.6 Å². The molecule has 2 aliphatic heterocycles. The summed E-state index contributed by atoms with van der Waals surface area (Å²) in [5.74, 6) is -2.07. The Morgan fingerprint density at radius 1 is 1.04 bits per heavy atom. The van der Waals surface area contributed by atoms with Crippen molar-refractivity contribution < 1.29 is 37.5 Å². The molecule has 1 atom stereocenters. The first-order valence-electron chi connectivity index (χ1n) is 14.5. The summed E-state index contributed by atoms with van der Waals surface area (Å²) in [6.45, 7) is 2.04. The molecule has 0 bridgehead atoms. The van der Waals surface area contributed by atoms with Gasteiger partial charge in [-0.2, -0.15) is 13.2 Å². The third-order valence-corrected chi connectivity index (χ3v) is 9.52. The number of piperidine rings is 1. The van der Waals surface area contributed by atoms with Crippen LogP contribution in [0.25, 0.3) is 5.69 Å². The number of benzene rings is 2. The van der Waals surface area contributed by atoms with E-state index in [0.29, 0.717) is 29.8 Å². The lowest BCUT2D eigenvalue weighted by molar-refractivity contribution is -0.138. The van der Waals surface area contributed by atoms with Gasteiger partial charge in [0.05, 0.1) is 17.8 Å². The van der Waals surface area contributed by atoms with Gasteiger partial charge in [-0.15, -0.1) is 0 Å². The lowest BCUT2D eigenvalue weighted by Crippen LogP contribution is -2.46. The van der Waals surface area contributed by atoms with Crippen LogP contribution in [0.15, 0.2) is 51.7 Å². The summed E-state index contributed by atoms with van der Waals surface area (Å²) in [6.07, 6.45) is -4.97. The molecule has 0 radical (unpaired) electrons. The van der Waals surface area contributed by atoms with Gasteiger partial charge in [0, 0.05) is 59.0 Å². The molecule has 0 aliphatic carbocycles. The highest BCUT2D eigenvalue weighted by Crippen LogP contribution is 2.36. The van der Waals surface area contributed by atoms with E-state index in [-0.39, 0.29) is 46.4 Å². The average molecular weight is 737 g/mol. The summed E-state index contributed by atoms with van der Waals surface area (Å²) in [6, 6.07) is 8.70. The highest BCUT2D eigenvalue weighted by Gasteiger charge is 2.36. The highest BCUT2D eigenvalue weighted by molar-refractivity contribution is 9.10. The number of H-pyrrole nitrogens is 1. The van der Waals surface area contributed by atoms with Crippen molar-refractivity contribution in [3.8, 4) is 5.69 Å². The number of nitrogens with one attached hydrogen (secondary N) is 1. The van der Waals surface area contributed by atoms with E-state index < -0.39 is 53.1 Å². The number of rotatable bonds is 4. The van der Waals surface area contributed by atoms with Crippen LogP contribution in [0, 0.1) is 10.7 Å². The third-order valence-electron chi connectivity index (χ3n) is 8.55. The van der Waals surface area contributed by atoms with Crippen molar-refractivity contribution in [1.29, 1.82) is 0 Å². The third kappa shape index (κ3) is 6.74. The normalized spacial score (nSPS) is 16.9. The van der Waals surface area contributed by atoms with Crippen molar-refractivity contribution in [2.45, 2.75) is 44.9 Å². The van der Waals surface area contributed by atoms with E-state index in [1.54, 1.807) is 6.92 Å². The topological polar surface area (TPSA) is 136 Å². The van der Waals surface area contributed by atoms with Gasteiger partial charge in [-0.25, -0.2) is 4.79 Å². The molecule has 5 rings (SSSR count). The Labute approximate surface area is 279 Å². The van der Waals surface area contributed by atoms with Gasteiger partial charge < -0.3 is 19.9 Å². The second-order valence-corrected chi connectivity index (χ2v) is 12.7. The summed E-state index contributed by atoms with van der Waals surface area (Å²) in [4.78, 5) is 70.8. The Morgan fingerprint density at radius 2 is 1.66 bits per heavy atom. The fourth-order valence-electron chi connectivity index (χ4n) is 5.88. The molecule has 1 saturated heterocycles. The molecular weight excluding hydrogens is 707 g/mol. The van der Waals surface area contributed by atoms with Crippen molar-refractivity contribution >= 4 is 52.0 Å². The summed E-state index contributed by atoms with van der Waals surface area (Å²) < 4.78 is 41.4. The van der Waals surface area contributed by atoms with Crippen LogP contribution in [0.5, 0.6) is 0 Å². The van der Waals surface area contributed by atoms with E-state index in [1.165, 1.54) is 57.8 Å². The van der Waals surface area contributed by atoms with E-state index in [2.05, 4.69) is 20.9 Å². The number of aromatic amines is 1. The predicted molar refractivity (Wildman–Crippen MR) is 169 cm³/mol. The number of fused-ring (bicyclic) bond motifs is 1. The molecule has 3 aromatic rings.